The van der Waals surface area contributed by atoms with Crippen molar-refractivity contribution in [1.82, 2.24) is 0 Å². The molecule has 0 heterocycles. The van der Waals surface area contributed by atoms with Crippen LogP contribution < -0.4 is 9.47 Å². The zero-order valence-corrected chi connectivity index (χ0v) is 42.8. The van der Waals surface area contributed by atoms with Gasteiger partial charge >= 0.3 is 7.82 Å². The molecule has 346 valence electrons. The maximum absolute atomic E-state index is 12.9. The van der Waals surface area contributed by atoms with E-state index in [0.717, 1.165) is 101 Å². The molecule has 0 aliphatic heterocycles. The Kier molecular flexibility index (Phi) is 23.1. The van der Waals surface area contributed by atoms with Gasteiger partial charge in [0.1, 0.15) is 22.9 Å². The van der Waals surface area contributed by atoms with Crippen molar-refractivity contribution in [2.24, 2.45) is 0 Å². The first-order chi connectivity index (χ1) is 30.0. The first-order valence-corrected chi connectivity index (χ1v) is 26.4. The van der Waals surface area contributed by atoms with Gasteiger partial charge in [0, 0.05) is 6.61 Å². The third-order valence-electron chi connectivity index (χ3n) is 12.5. The summed E-state index contributed by atoms with van der Waals surface area (Å²) in [5, 5.41) is 0. The second-order valence-corrected chi connectivity index (χ2v) is 20.8. The minimum absolute atomic E-state index is 0.0451. The quantitative estimate of drug-likeness (QED) is 0.0266. The van der Waals surface area contributed by atoms with Gasteiger partial charge < -0.3 is 18.7 Å². The molecule has 3 aromatic rings. The Hall–Kier alpha value is -3.56. The van der Waals surface area contributed by atoms with Crippen LogP contribution in [0.25, 0.3) is 0 Å². The maximum Gasteiger partial charge on any atom is 0.527 e. The second kappa shape index (κ2) is 27.0. The van der Waals surface area contributed by atoms with Crippen LogP contribution in [0.2, 0.25) is 0 Å². The molecule has 0 saturated heterocycles. The standard InChI is InChI=1S/C53H75O7PS2/c1-13-39(2)40(3)41(4)42(5)43(6)44(7)45(8)46(9)47(10)60-61(54,55)59-36-22-15-17-24-38-63(62)37-23-16-14-21-35-58-53(48-25-19-18-20-26-48,49-27-31-51(56-11)32-28-49)50-29-33-52(57-12)34-30-50/h13,18-20,25-34H,14-17,21-24,35-38H2,1-12H3,(H,54,55)/b39-13+,41-40-,43-42-,45-44+,47-46+. The van der Waals surface area contributed by atoms with E-state index in [1.807, 2.05) is 44.2 Å². The predicted molar refractivity (Wildman–Crippen MR) is 269 cm³/mol. The van der Waals surface area contributed by atoms with Gasteiger partial charge in [0.25, 0.3) is 0 Å². The Labute approximate surface area is 387 Å². The summed E-state index contributed by atoms with van der Waals surface area (Å²) < 4.78 is 41.7. The molecule has 63 heavy (non-hydrogen) atoms. The molecule has 0 radical (unpaired) electrons. The van der Waals surface area contributed by atoms with Gasteiger partial charge in [-0.2, -0.15) is 0 Å². The van der Waals surface area contributed by atoms with Crippen LogP contribution in [-0.4, -0.2) is 43.8 Å². The summed E-state index contributed by atoms with van der Waals surface area (Å²) in [7, 11) is -0.931. The van der Waals surface area contributed by atoms with E-state index in [0.29, 0.717) is 18.8 Å². The lowest BCUT2D eigenvalue weighted by atomic mass is 9.80. The molecule has 0 aliphatic carbocycles. The molecular formula is C53H75O7PS2. The molecule has 0 aliphatic rings. The van der Waals surface area contributed by atoms with E-state index in [4.69, 9.17) is 34.4 Å². The van der Waals surface area contributed by atoms with Gasteiger partial charge in [-0.15, -0.1) is 9.45 Å². The number of rotatable bonds is 27. The molecule has 0 fully saturated rings. The van der Waals surface area contributed by atoms with Crippen LogP contribution in [0, 0.1) is 0 Å². The molecule has 0 amide bonds. The minimum atomic E-state index is -4.25. The average molecular weight is 919 g/mol. The molecule has 7 nitrogen and oxygen atoms in total. The van der Waals surface area contributed by atoms with Crippen molar-refractivity contribution in [3.8, 4) is 11.5 Å². The van der Waals surface area contributed by atoms with Gasteiger partial charge in [0.2, 0.25) is 0 Å². The number of unbranched alkanes of at least 4 members (excludes halogenated alkanes) is 6. The summed E-state index contributed by atoms with van der Waals surface area (Å²) in [6.45, 7) is 21.3. The lowest BCUT2D eigenvalue weighted by Gasteiger charge is -2.36. The summed E-state index contributed by atoms with van der Waals surface area (Å²) in [4.78, 5) is 10.5. The van der Waals surface area contributed by atoms with E-state index >= 15 is 0 Å². The molecule has 0 aromatic heterocycles. The summed E-state index contributed by atoms with van der Waals surface area (Å²) in [6, 6.07) is 26.7. The van der Waals surface area contributed by atoms with E-state index in [-0.39, 0.29) is 16.1 Å². The fourth-order valence-electron chi connectivity index (χ4n) is 7.47. The van der Waals surface area contributed by atoms with E-state index in [2.05, 4.69) is 103 Å². The van der Waals surface area contributed by atoms with Gasteiger partial charge in [-0.1, -0.05) is 103 Å². The molecule has 3 rings (SSSR count). The summed E-state index contributed by atoms with van der Waals surface area (Å²) in [6.07, 6.45) is 10.0. The van der Waals surface area contributed by atoms with Gasteiger partial charge in [0.05, 0.1) is 20.8 Å². The smallest absolute Gasteiger partial charge is 0.497 e. The number of hydrogen-bond acceptors (Lipinski definition) is 7. The number of ether oxygens (including phenoxy) is 3. The van der Waals surface area contributed by atoms with Gasteiger partial charge in [0.15, 0.2) is 0 Å². The van der Waals surface area contributed by atoms with Gasteiger partial charge in [-0.25, -0.2) is 4.57 Å². The molecule has 2 unspecified atom stereocenters. The Morgan fingerprint density at radius 3 is 1.46 bits per heavy atom. The highest BCUT2D eigenvalue weighted by Gasteiger charge is 2.37. The summed E-state index contributed by atoms with van der Waals surface area (Å²) >= 11 is 5.85. The summed E-state index contributed by atoms with van der Waals surface area (Å²) in [5.74, 6) is 4.07. The van der Waals surface area contributed by atoms with Crippen molar-refractivity contribution in [3.63, 3.8) is 0 Å². The van der Waals surface area contributed by atoms with Crippen molar-refractivity contribution >= 4 is 28.5 Å². The van der Waals surface area contributed by atoms with Crippen molar-refractivity contribution in [2.75, 3.05) is 38.9 Å². The zero-order valence-electron chi connectivity index (χ0n) is 40.2. The van der Waals surface area contributed by atoms with E-state index in [1.165, 1.54) is 27.9 Å². The Bertz CT molecular complexity index is 2080. The molecular weight excluding hydrogens is 844 g/mol. The topological polar surface area (TPSA) is 83.5 Å². The van der Waals surface area contributed by atoms with Crippen LogP contribution in [-0.2, 0) is 44.6 Å². The number of allylic oxidation sites excluding steroid dienone is 10. The highest BCUT2D eigenvalue weighted by Crippen LogP contribution is 2.47. The number of phosphoric acid groups is 1. The van der Waals surface area contributed by atoms with Gasteiger partial charge in [-0.3, -0.25) is 9.42 Å². The lowest BCUT2D eigenvalue weighted by Crippen LogP contribution is -2.33. The second-order valence-electron chi connectivity index (χ2n) is 16.3. The largest absolute Gasteiger partial charge is 0.527 e. The van der Waals surface area contributed by atoms with Crippen molar-refractivity contribution in [2.45, 2.75) is 126 Å². The minimum Gasteiger partial charge on any atom is -0.497 e. The van der Waals surface area contributed by atoms with Crippen LogP contribution in [0.15, 0.2) is 135 Å². The molecule has 0 bridgehead atoms. The van der Waals surface area contributed by atoms with E-state index in [9.17, 15) is 9.46 Å². The molecule has 0 spiro atoms. The predicted octanol–water partition coefficient (Wildman–Crippen LogP) is 14.6. The normalized spacial score (nSPS) is 15.3. The van der Waals surface area contributed by atoms with Gasteiger partial charge in [-0.05, 0) is 186 Å². The first kappa shape index (κ1) is 53.8. The van der Waals surface area contributed by atoms with Crippen LogP contribution >= 0.6 is 7.82 Å². The highest BCUT2D eigenvalue weighted by molar-refractivity contribution is 8.28. The molecule has 10 heteroatoms. The Morgan fingerprint density at radius 1 is 0.587 bits per heavy atom. The van der Waals surface area contributed by atoms with Crippen LogP contribution in [0.1, 0.15) is 137 Å². The Balaban J connectivity index is 1.41. The summed E-state index contributed by atoms with van der Waals surface area (Å²) in [5.41, 5.74) is 11.5. The fraction of sp³-hybridized carbons (Fsp3) is 0.472. The third-order valence-corrected chi connectivity index (χ3v) is 16.0. The number of methoxy groups -OCH3 is 2. The maximum atomic E-state index is 12.9. The van der Waals surface area contributed by atoms with Crippen LogP contribution in [0.3, 0.4) is 0 Å². The zero-order chi connectivity index (χ0) is 46.6. The van der Waals surface area contributed by atoms with E-state index in [1.54, 1.807) is 21.1 Å². The Morgan fingerprint density at radius 2 is 1.00 bits per heavy atom. The van der Waals surface area contributed by atoms with Crippen molar-refractivity contribution in [1.29, 1.82) is 0 Å². The average Bonchev–Trinajstić information content (AvgIpc) is 3.30. The van der Waals surface area contributed by atoms with Crippen LogP contribution in [0.4, 0.5) is 0 Å². The molecule has 1 N–H and O–H groups in total. The SMILES string of the molecule is C/C=C(C)/C(C)=C(C)\C(C)=C(C)/C(C)=C(C)/C(C)=C(\C)OP(=O)(O)OCCCCCCS(=S)CCCCCCOC(c1ccccc1)(c1ccc(OC)cc1)c1ccc(OC)cc1. The lowest BCUT2D eigenvalue weighted by molar-refractivity contribution is 0.0106. The van der Waals surface area contributed by atoms with Crippen molar-refractivity contribution < 1.29 is 32.7 Å². The first-order valence-electron chi connectivity index (χ1n) is 22.4. The number of hydrogen-bond donors (Lipinski definition) is 1. The third kappa shape index (κ3) is 16.1. The number of benzene rings is 3. The monoisotopic (exact) mass is 918 g/mol. The van der Waals surface area contributed by atoms with Crippen molar-refractivity contribution in [3.05, 3.63) is 152 Å². The highest BCUT2D eigenvalue weighted by atomic mass is 32.8. The van der Waals surface area contributed by atoms with E-state index < -0.39 is 13.4 Å². The fourth-order valence-corrected chi connectivity index (χ4v) is 10.3. The number of phosphoric ester groups is 1. The molecule has 2 atom stereocenters. The molecule has 0 saturated carbocycles. The molecule has 3 aromatic carbocycles. The van der Waals surface area contributed by atoms with Crippen LogP contribution in [0.5, 0.6) is 11.5 Å².